The van der Waals surface area contributed by atoms with E-state index >= 15 is 0 Å². The number of hydrogen-bond donors (Lipinski definition) is 1. The van der Waals surface area contributed by atoms with Crippen molar-refractivity contribution in [1.82, 2.24) is 19.7 Å². The first-order chi connectivity index (χ1) is 12.5. The molecule has 9 heteroatoms. The normalized spacial score (nSPS) is 19.5. The number of aryl methyl sites for hydroxylation is 1. The number of likely N-dealkylation sites (tertiary alicyclic amines) is 1. The minimum atomic E-state index is -1.55. The molecule has 2 amide bonds. The summed E-state index contributed by atoms with van der Waals surface area (Å²) in [6.07, 6.45) is 3.68. The van der Waals surface area contributed by atoms with Gasteiger partial charge in [-0.3, -0.25) is 0 Å². The molecule has 4 rings (SSSR count). The molecule has 3 heterocycles. The number of carbonyl (C=O) groups is 1. The first-order valence-corrected chi connectivity index (χ1v) is 8.65. The zero-order valence-corrected chi connectivity index (χ0v) is 14.0. The molecule has 2 aromatic rings. The van der Waals surface area contributed by atoms with Crippen molar-refractivity contribution >= 4 is 11.7 Å². The zero-order valence-electron chi connectivity index (χ0n) is 14.0. The van der Waals surface area contributed by atoms with Crippen LogP contribution in [0.2, 0.25) is 0 Å². The largest absolute Gasteiger partial charge is 0.324 e. The number of fused-ring (bicyclic) bond motifs is 1. The average molecular weight is 365 g/mol. The maximum Gasteiger partial charge on any atom is 0.321 e. The van der Waals surface area contributed by atoms with Crippen LogP contribution in [0.3, 0.4) is 0 Å². The van der Waals surface area contributed by atoms with E-state index in [2.05, 4.69) is 20.1 Å². The molecular weight excluding hydrogens is 347 g/mol. The van der Waals surface area contributed by atoms with Gasteiger partial charge in [0.05, 0.1) is 0 Å². The summed E-state index contributed by atoms with van der Waals surface area (Å²) in [5.41, 5.74) is -0.114. The van der Waals surface area contributed by atoms with Crippen molar-refractivity contribution in [3.63, 3.8) is 0 Å². The SMILES string of the molecule is O=C(Nc1cc(F)c(F)c(F)c1)N1CCC[C@H](c2nnc3n2CCC3)C1. The van der Waals surface area contributed by atoms with Crippen LogP contribution in [0.15, 0.2) is 12.1 Å². The Morgan fingerprint density at radius 3 is 2.65 bits per heavy atom. The van der Waals surface area contributed by atoms with E-state index in [4.69, 9.17) is 0 Å². The lowest BCUT2D eigenvalue weighted by Gasteiger charge is -2.32. The van der Waals surface area contributed by atoms with Gasteiger partial charge in [-0.15, -0.1) is 10.2 Å². The van der Waals surface area contributed by atoms with Crippen molar-refractivity contribution in [2.45, 2.75) is 38.1 Å². The number of hydrogen-bond acceptors (Lipinski definition) is 3. The predicted molar refractivity (Wildman–Crippen MR) is 87.2 cm³/mol. The lowest BCUT2D eigenvalue weighted by atomic mass is 9.97. The van der Waals surface area contributed by atoms with Gasteiger partial charge in [0.15, 0.2) is 17.5 Å². The third-order valence-electron chi connectivity index (χ3n) is 4.95. The van der Waals surface area contributed by atoms with Crippen molar-refractivity contribution in [2.24, 2.45) is 0 Å². The van der Waals surface area contributed by atoms with Gasteiger partial charge in [-0.1, -0.05) is 0 Å². The minimum Gasteiger partial charge on any atom is -0.324 e. The van der Waals surface area contributed by atoms with Crippen molar-refractivity contribution in [1.29, 1.82) is 0 Å². The van der Waals surface area contributed by atoms with Crippen LogP contribution in [0.1, 0.15) is 36.8 Å². The van der Waals surface area contributed by atoms with E-state index < -0.39 is 23.5 Å². The second-order valence-electron chi connectivity index (χ2n) is 6.70. The second-order valence-corrected chi connectivity index (χ2v) is 6.70. The summed E-state index contributed by atoms with van der Waals surface area (Å²) in [4.78, 5) is 14.0. The van der Waals surface area contributed by atoms with Gasteiger partial charge in [0, 0.05) is 49.8 Å². The average Bonchev–Trinajstić information content (AvgIpc) is 3.23. The molecule has 0 bridgehead atoms. The predicted octanol–water partition coefficient (Wildman–Crippen LogP) is 3.05. The van der Waals surface area contributed by atoms with E-state index in [1.165, 1.54) is 0 Å². The van der Waals surface area contributed by atoms with E-state index in [0.717, 1.165) is 56.0 Å². The Kier molecular flexibility index (Phi) is 4.29. The highest BCUT2D eigenvalue weighted by Gasteiger charge is 2.30. The summed E-state index contributed by atoms with van der Waals surface area (Å²) >= 11 is 0. The molecule has 1 fully saturated rings. The van der Waals surface area contributed by atoms with Gasteiger partial charge >= 0.3 is 6.03 Å². The maximum atomic E-state index is 13.3. The van der Waals surface area contributed by atoms with Gasteiger partial charge in [0.25, 0.3) is 0 Å². The summed E-state index contributed by atoms with van der Waals surface area (Å²) in [6, 6.07) is 1.06. The number of aromatic nitrogens is 3. The highest BCUT2D eigenvalue weighted by atomic mass is 19.2. The van der Waals surface area contributed by atoms with Crippen LogP contribution < -0.4 is 5.32 Å². The van der Waals surface area contributed by atoms with Gasteiger partial charge < -0.3 is 14.8 Å². The van der Waals surface area contributed by atoms with E-state index in [1.54, 1.807) is 4.90 Å². The van der Waals surface area contributed by atoms with Gasteiger partial charge in [-0.2, -0.15) is 0 Å². The highest BCUT2D eigenvalue weighted by molar-refractivity contribution is 5.89. The molecule has 1 N–H and O–H groups in total. The Morgan fingerprint density at radius 2 is 1.88 bits per heavy atom. The number of halogens is 3. The molecular formula is C17H18F3N5O. The molecule has 6 nitrogen and oxygen atoms in total. The quantitative estimate of drug-likeness (QED) is 0.832. The van der Waals surface area contributed by atoms with Crippen LogP contribution in [0.5, 0.6) is 0 Å². The standard InChI is InChI=1S/C17H18F3N5O/c18-12-7-11(8-13(19)15(12)20)21-17(26)24-5-1-3-10(9-24)16-23-22-14-4-2-6-25(14)16/h7-8,10H,1-6,9H2,(H,21,26)/t10-/m0/s1. The van der Waals surface area contributed by atoms with Crippen LogP contribution in [0.4, 0.5) is 23.7 Å². The Hall–Kier alpha value is -2.58. The summed E-state index contributed by atoms with van der Waals surface area (Å²) in [5.74, 6) is -2.27. The Labute approximate surface area is 148 Å². The molecule has 0 unspecified atom stereocenters. The number of piperidine rings is 1. The molecule has 138 valence electrons. The van der Waals surface area contributed by atoms with E-state index in [0.29, 0.717) is 13.1 Å². The minimum absolute atomic E-state index is 0.0792. The third kappa shape index (κ3) is 3.02. The van der Waals surface area contributed by atoms with Gasteiger partial charge in [-0.05, 0) is 19.3 Å². The number of carbonyl (C=O) groups excluding carboxylic acids is 1. The molecule has 1 saturated heterocycles. The molecule has 0 saturated carbocycles. The fourth-order valence-electron chi connectivity index (χ4n) is 3.68. The van der Waals surface area contributed by atoms with Crippen LogP contribution >= 0.6 is 0 Å². The van der Waals surface area contributed by atoms with Crippen LogP contribution in [0.25, 0.3) is 0 Å². The van der Waals surface area contributed by atoms with Crippen LogP contribution in [0, 0.1) is 17.5 Å². The number of amides is 2. The number of nitrogens with zero attached hydrogens (tertiary/aromatic N) is 4. The number of rotatable bonds is 2. The molecule has 2 aliphatic heterocycles. The van der Waals surface area contributed by atoms with E-state index in [-0.39, 0.29) is 11.6 Å². The topological polar surface area (TPSA) is 63.1 Å². The Bertz CT molecular complexity index is 830. The second kappa shape index (κ2) is 6.62. The monoisotopic (exact) mass is 365 g/mol. The van der Waals surface area contributed by atoms with Gasteiger partial charge in [-0.25, -0.2) is 18.0 Å². The third-order valence-corrected chi connectivity index (χ3v) is 4.95. The molecule has 26 heavy (non-hydrogen) atoms. The number of urea groups is 1. The molecule has 2 aliphatic rings. The molecule has 1 aromatic heterocycles. The van der Waals surface area contributed by atoms with Gasteiger partial charge in [0.1, 0.15) is 11.6 Å². The van der Waals surface area contributed by atoms with Crippen molar-refractivity contribution in [2.75, 3.05) is 18.4 Å². The fourth-order valence-corrected chi connectivity index (χ4v) is 3.68. The number of nitrogens with one attached hydrogen (secondary N) is 1. The van der Waals surface area contributed by atoms with Crippen LogP contribution in [-0.2, 0) is 13.0 Å². The summed E-state index contributed by atoms with van der Waals surface area (Å²) in [7, 11) is 0. The molecule has 0 spiro atoms. The van der Waals surface area contributed by atoms with Crippen molar-refractivity contribution < 1.29 is 18.0 Å². The molecule has 0 aliphatic carbocycles. The summed E-state index contributed by atoms with van der Waals surface area (Å²) in [6.45, 7) is 1.89. The Balaban J connectivity index is 1.46. The number of benzene rings is 1. The first kappa shape index (κ1) is 16.9. The maximum absolute atomic E-state index is 13.3. The van der Waals surface area contributed by atoms with Crippen molar-refractivity contribution in [3.8, 4) is 0 Å². The Morgan fingerprint density at radius 1 is 1.12 bits per heavy atom. The zero-order chi connectivity index (χ0) is 18.3. The van der Waals surface area contributed by atoms with Gasteiger partial charge in [0.2, 0.25) is 0 Å². The van der Waals surface area contributed by atoms with E-state index in [9.17, 15) is 18.0 Å². The molecule has 0 radical (unpaired) electrons. The fraction of sp³-hybridized carbons (Fsp3) is 0.471. The lowest BCUT2D eigenvalue weighted by Crippen LogP contribution is -2.42. The summed E-state index contributed by atoms with van der Waals surface area (Å²) in [5, 5.41) is 10.9. The number of anilines is 1. The van der Waals surface area contributed by atoms with Crippen LogP contribution in [-0.4, -0.2) is 38.8 Å². The molecule has 1 aromatic carbocycles. The van der Waals surface area contributed by atoms with E-state index in [1.807, 2.05) is 0 Å². The van der Waals surface area contributed by atoms with Crippen molar-refractivity contribution in [3.05, 3.63) is 41.2 Å². The molecule has 1 atom stereocenters. The smallest absolute Gasteiger partial charge is 0.321 e. The first-order valence-electron chi connectivity index (χ1n) is 8.65. The highest BCUT2D eigenvalue weighted by Crippen LogP contribution is 2.29. The lowest BCUT2D eigenvalue weighted by molar-refractivity contribution is 0.190. The summed E-state index contributed by atoms with van der Waals surface area (Å²) < 4.78 is 41.8.